The highest BCUT2D eigenvalue weighted by Crippen LogP contribution is 2.28. The van der Waals surface area contributed by atoms with Crippen LogP contribution in [-0.4, -0.2) is 11.0 Å². The Morgan fingerprint density at radius 2 is 2.12 bits per heavy atom. The molecule has 0 spiro atoms. The number of nitrogens with one attached hydrogen (secondary N) is 1. The van der Waals surface area contributed by atoms with Gasteiger partial charge < -0.3 is 5.32 Å². The molecule has 0 aromatic carbocycles. The highest BCUT2D eigenvalue weighted by atomic mass is 35.5. The van der Waals surface area contributed by atoms with E-state index in [2.05, 4.69) is 17.2 Å². The second kappa shape index (κ2) is 5.67. The van der Waals surface area contributed by atoms with Crippen LogP contribution in [0.1, 0.15) is 39.0 Å². The van der Waals surface area contributed by atoms with Crippen LogP contribution >= 0.6 is 11.6 Å². The lowest BCUT2D eigenvalue weighted by Crippen LogP contribution is -2.26. The van der Waals surface area contributed by atoms with E-state index in [1.165, 1.54) is 31.5 Å². The van der Waals surface area contributed by atoms with Crippen LogP contribution in [0.5, 0.6) is 0 Å². The van der Waals surface area contributed by atoms with Gasteiger partial charge in [0.1, 0.15) is 0 Å². The van der Waals surface area contributed by atoms with E-state index in [1.807, 2.05) is 0 Å². The Morgan fingerprint density at radius 3 is 2.71 bits per heavy atom. The molecule has 1 aliphatic carbocycles. The Kier molecular flexibility index (Phi) is 4.21. The predicted octanol–water partition coefficient (Wildman–Crippen LogP) is 4.25. The predicted molar refractivity (Wildman–Crippen MR) is 68.9 cm³/mol. The zero-order valence-corrected chi connectivity index (χ0v) is 10.8. The van der Waals surface area contributed by atoms with Gasteiger partial charge in [0.25, 0.3) is 0 Å². The molecule has 0 aliphatic heterocycles. The highest BCUT2D eigenvalue weighted by molar-refractivity contribution is 6.30. The first-order valence-corrected chi connectivity index (χ1v) is 6.64. The van der Waals surface area contributed by atoms with E-state index in [9.17, 15) is 4.39 Å². The van der Waals surface area contributed by atoms with Gasteiger partial charge in [-0.15, -0.1) is 0 Å². The Labute approximate surface area is 107 Å². The lowest BCUT2D eigenvalue weighted by Gasteiger charge is -2.28. The van der Waals surface area contributed by atoms with E-state index < -0.39 is 0 Å². The molecule has 94 valence electrons. The standard InChI is InChI=1S/C13H18ClFN2/c1-2-9-3-5-11(6-4-9)17-13-12(15)7-10(14)8-16-13/h7-9,11H,2-6H2,1H3,(H,16,17). The zero-order valence-electron chi connectivity index (χ0n) is 10.0. The molecule has 0 unspecified atom stereocenters. The number of anilines is 1. The number of aromatic nitrogens is 1. The van der Waals surface area contributed by atoms with Gasteiger partial charge in [-0.2, -0.15) is 0 Å². The fourth-order valence-corrected chi connectivity index (χ4v) is 2.57. The van der Waals surface area contributed by atoms with E-state index in [0.717, 1.165) is 18.8 Å². The Morgan fingerprint density at radius 1 is 1.41 bits per heavy atom. The maximum atomic E-state index is 13.5. The SMILES string of the molecule is CCC1CCC(Nc2ncc(Cl)cc2F)CC1. The molecule has 1 fully saturated rings. The topological polar surface area (TPSA) is 24.9 Å². The number of hydrogen-bond donors (Lipinski definition) is 1. The molecule has 2 nitrogen and oxygen atoms in total. The fourth-order valence-electron chi connectivity index (χ4n) is 2.43. The summed E-state index contributed by atoms with van der Waals surface area (Å²) in [5.74, 6) is 0.806. The largest absolute Gasteiger partial charge is 0.365 e. The van der Waals surface area contributed by atoms with Gasteiger partial charge in [-0.3, -0.25) is 0 Å². The minimum absolute atomic E-state index is 0.328. The molecule has 1 aromatic rings. The molecule has 0 amide bonds. The van der Waals surface area contributed by atoms with Crippen molar-refractivity contribution in [3.8, 4) is 0 Å². The number of hydrogen-bond acceptors (Lipinski definition) is 2. The normalized spacial score (nSPS) is 24.6. The van der Waals surface area contributed by atoms with Crippen molar-refractivity contribution in [1.29, 1.82) is 0 Å². The summed E-state index contributed by atoms with van der Waals surface area (Å²) in [4.78, 5) is 3.99. The summed E-state index contributed by atoms with van der Waals surface area (Å²) in [6.45, 7) is 2.23. The third-order valence-corrected chi connectivity index (χ3v) is 3.78. The van der Waals surface area contributed by atoms with Crippen LogP contribution in [0, 0.1) is 11.7 Å². The Hall–Kier alpha value is -0.830. The summed E-state index contributed by atoms with van der Waals surface area (Å²) < 4.78 is 13.5. The third-order valence-electron chi connectivity index (χ3n) is 3.57. The summed E-state index contributed by atoms with van der Waals surface area (Å²) in [6.07, 6.45) is 7.38. The first-order valence-electron chi connectivity index (χ1n) is 6.26. The van der Waals surface area contributed by atoms with Crippen molar-refractivity contribution in [2.45, 2.75) is 45.1 Å². The van der Waals surface area contributed by atoms with Crippen molar-refractivity contribution >= 4 is 17.4 Å². The lowest BCUT2D eigenvalue weighted by atomic mass is 9.84. The lowest BCUT2D eigenvalue weighted by molar-refractivity contribution is 0.329. The van der Waals surface area contributed by atoms with E-state index in [0.29, 0.717) is 16.9 Å². The van der Waals surface area contributed by atoms with Gasteiger partial charge in [-0.1, -0.05) is 24.9 Å². The number of pyridine rings is 1. The monoisotopic (exact) mass is 256 g/mol. The van der Waals surface area contributed by atoms with Gasteiger partial charge in [0, 0.05) is 12.2 Å². The molecule has 0 saturated heterocycles. The van der Waals surface area contributed by atoms with E-state index in [1.54, 1.807) is 0 Å². The summed E-state index contributed by atoms with van der Waals surface area (Å²) in [6, 6.07) is 1.65. The number of rotatable bonds is 3. The van der Waals surface area contributed by atoms with Crippen LogP contribution < -0.4 is 5.32 Å². The molecule has 2 rings (SSSR count). The van der Waals surface area contributed by atoms with Crippen molar-refractivity contribution in [2.24, 2.45) is 5.92 Å². The van der Waals surface area contributed by atoms with Crippen LogP contribution in [0.15, 0.2) is 12.3 Å². The van der Waals surface area contributed by atoms with Crippen LogP contribution in [0.2, 0.25) is 5.02 Å². The molecule has 0 radical (unpaired) electrons. The second-order valence-corrected chi connectivity index (χ2v) is 5.19. The fraction of sp³-hybridized carbons (Fsp3) is 0.615. The van der Waals surface area contributed by atoms with Crippen molar-refractivity contribution in [3.63, 3.8) is 0 Å². The first-order chi connectivity index (χ1) is 8.19. The van der Waals surface area contributed by atoms with Gasteiger partial charge in [-0.05, 0) is 37.7 Å². The van der Waals surface area contributed by atoms with Crippen molar-refractivity contribution < 1.29 is 4.39 Å². The van der Waals surface area contributed by atoms with Crippen molar-refractivity contribution in [3.05, 3.63) is 23.1 Å². The summed E-state index contributed by atoms with van der Waals surface area (Å²) in [5.41, 5.74) is 0. The zero-order chi connectivity index (χ0) is 12.3. The molecule has 17 heavy (non-hydrogen) atoms. The van der Waals surface area contributed by atoms with Crippen LogP contribution in [0.4, 0.5) is 10.2 Å². The van der Waals surface area contributed by atoms with Crippen LogP contribution in [-0.2, 0) is 0 Å². The van der Waals surface area contributed by atoms with Gasteiger partial charge in [0.2, 0.25) is 0 Å². The van der Waals surface area contributed by atoms with E-state index >= 15 is 0 Å². The summed E-state index contributed by atoms with van der Waals surface area (Å²) >= 11 is 5.67. The first kappa shape index (κ1) is 12.6. The van der Waals surface area contributed by atoms with Crippen LogP contribution in [0.25, 0.3) is 0 Å². The average Bonchev–Trinajstić information content (AvgIpc) is 2.34. The molecular formula is C13H18ClFN2. The quantitative estimate of drug-likeness (QED) is 0.874. The van der Waals surface area contributed by atoms with Crippen LogP contribution in [0.3, 0.4) is 0 Å². The summed E-state index contributed by atoms with van der Waals surface area (Å²) in [5, 5.41) is 3.51. The van der Waals surface area contributed by atoms with E-state index in [4.69, 9.17) is 11.6 Å². The van der Waals surface area contributed by atoms with Crippen molar-refractivity contribution in [2.75, 3.05) is 5.32 Å². The maximum absolute atomic E-state index is 13.5. The van der Waals surface area contributed by atoms with Gasteiger partial charge in [0.15, 0.2) is 11.6 Å². The van der Waals surface area contributed by atoms with Gasteiger partial charge in [-0.25, -0.2) is 9.37 Å². The molecule has 4 heteroatoms. The van der Waals surface area contributed by atoms with Gasteiger partial charge in [0.05, 0.1) is 5.02 Å². The average molecular weight is 257 g/mol. The Bertz CT molecular complexity index is 376. The second-order valence-electron chi connectivity index (χ2n) is 4.75. The molecule has 0 atom stereocenters. The molecular weight excluding hydrogens is 239 g/mol. The summed E-state index contributed by atoms with van der Waals surface area (Å²) in [7, 11) is 0. The Balaban J connectivity index is 1.93. The third kappa shape index (κ3) is 3.32. The highest BCUT2D eigenvalue weighted by Gasteiger charge is 2.20. The van der Waals surface area contributed by atoms with Crippen molar-refractivity contribution in [1.82, 2.24) is 4.98 Å². The van der Waals surface area contributed by atoms with Gasteiger partial charge >= 0.3 is 0 Å². The number of nitrogens with zero attached hydrogens (tertiary/aromatic N) is 1. The smallest absolute Gasteiger partial charge is 0.166 e. The molecule has 0 bridgehead atoms. The minimum Gasteiger partial charge on any atom is -0.365 e. The number of halogens is 2. The maximum Gasteiger partial charge on any atom is 0.166 e. The molecule has 1 aromatic heterocycles. The minimum atomic E-state index is -0.366. The molecule has 1 saturated carbocycles. The molecule has 1 aliphatic rings. The van der Waals surface area contributed by atoms with E-state index in [-0.39, 0.29) is 5.82 Å². The molecule has 1 heterocycles. The molecule has 1 N–H and O–H groups in total.